The molecule has 19 heteroatoms. The summed E-state index contributed by atoms with van der Waals surface area (Å²) in [6.07, 6.45) is 12.2. The molecule has 76 heavy (non-hydrogen) atoms. The molecule has 3 heterocycles. The van der Waals surface area contributed by atoms with Gasteiger partial charge < -0.3 is 89.9 Å². The summed E-state index contributed by atoms with van der Waals surface area (Å²) >= 11 is 0. The largest absolute Gasteiger partial charge is 0.394 e. The summed E-state index contributed by atoms with van der Waals surface area (Å²) in [6.45, 7) is 1.77. The molecule has 3 aliphatic heterocycles. The summed E-state index contributed by atoms with van der Waals surface area (Å²) in [4.78, 5) is 13.3. The van der Waals surface area contributed by atoms with E-state index in [4.69, 9.17) is 28.4 Å². The number of rotatable bonds is 45. The van der Waals surface area contributed by atoms with E-state index in [-0.39, 0.29) is 18.9 Å². The quantitative estimate of drug-likeness (QED) is 0.0348. The lowest BCUT2D eigenvalue weighted by Crippen LogP contribution is -2.66. The lowest BCUT2D eigenvalue weighted by atomic mass is 9.96. The topological polar surface area (TPSA) is 307 Å². The highest BCUT2D eigenvalue weighted by atomic mass is 16.8. The first-order valence-corrected chi connectivity index (χ1v) is 30.3. The lowest BCUT2D eigenvalue weighted by molar-refractivity contribution is -0.379. The molecular weight excluding hydrogens is 987 g/mol. The zero-order valence-corrected chi connectivity index (χ0v) is 46.8. The third-order valence-corrected chi connectivity index (χ3v) is 15.7. The van der Waals surface area contributed by atoms with E-state index in [9.17, 15) is 61.0 Å². The number of ether oxygens (including phenoxy) is 6. The molecule has 0 radical (unpaired) electrons. The van der Waals surface area contributed by atoms with Crippen molar-refractivity contribution >= 4 is 5.91 Å². The van der Waals surface area contributed by atoms with Gasteiger partial charge in [0.2, 0.25) is 5.91 Å². The molecular formula is C57H109NO18. The Hall–Kier alpha value is -1.21. The van der Waals surface area contributed by atoms with Gasteiger partial charge >= 0.3 is 0 Å². The van der Waals surface area contributed by atoms with E-state index >= 15 is 0 Å². The van der Waals surface area contributed by atoms with E-state index in [1.165, 1.54) is 148 Å². The summed E-state index contributed by atoms with van der Waals surface area (Å²) in [5.74, 6) is -0.241. The van der Waals surface area contributed by atoms with E-state index in [0.717, 1.165) is 44.9 Å². The van der Waals surface area contributed by atoms with Crippen LogP contribution in [0.2, 0.25) is 0 Å². The Labute approximate surface area is 455 Å². The van der Waals surface area contributed by atoms with Crippen LogP contribution in [0.5, 0.6) is 0 Å². The maximum Gasteiger partial charge on any atom is 0.220 e. The van der Waals surface area contributed by atoms with Gasteiger partial charge in [-0.2, -0.15) is 0 Å². The highest BCUT2D eigenvalue weighted by Gasteiger charge is 2.53. The molecule has 0 aromatic rings. The molecule has 0 spiro atoms. The van der Waals surface area contributed by atoms with Crippen LogP contribution >= 0.6 is 0 Å². The molecule has 1 amide bonds. The average molecular weight is 1100 g/mol. The molecule has 17 atom stereocenters. The number of aliphatic hydroxyl groups excluding tert-OH is 11. The van der Waals surface area contributed by atoms with Gasteiger partial charge in [0, 0.05) is 6.42 Å². The molecule has 0 aromatic carbocycles. The third kappa shape index (κ3) is 25.7. The minimum absolute atomic E-state index is 0.241. The van der Waals surface area contributed by atoms with E-state index < -0.39 is 124 Å². The predicted octanol–water partition coefficient (Wildman–Crippen LogP) is 5.21. The van der Waals surface area contributed by atoms with Crippen molar-refractivity contribution in [3.8, 4) is 0 Å². The van der Waals surface area contributed by atoms with E-state index in [2.05, 4.69) is 19.2 Å². The van der Waals surface area contributed by atoms with E-state index in [1.54, 1.807) is 0 Å². The molecule has 12 N–H and O–H groups in total. The van der Waals surface area contributed by atoms with Crippen LogP contribution in [0, 0.1) is 0 Å². The van der Waals surface area contributed by atoms with Crippen LogP contribution in [0.15, 0.2) is 0 Å². The molecule has 450 valence electrons. The minimum Gasteiger partial charge on any atom is -0.394 e. The number of aliphatic hydroxyl groups is 11. The molecule has 0 bridgehead atoms. The highest BCUT2D eigenvalue weighted by Crippen LogP contribution is 2.33. The Kier molecular flexibility index (Phi) is 37.9. The molecule has 0 aromatic heterocycles. The van der Waals surface area contributed by atoms with Crippen molar-refractivity contribution in [2.75, 3.05) is 26.4 Å². The monoisotopic (exact) mass is 1100 g/mol. The Balaban J connectivity index is 1.43. The Morgan fingerprint density at radius 3 is 1.14 bits per heavy atom. The first-order chi connectivity index (χ1) is 36.8. The van der Waals surface area contributed by atoms with Gasteiger partial charge in [-0.3, -0.25) is 4.79 Å². The van der Waals surface area contributed by atoms with Crippen LogP contribution < -0.4 is 5.32 Å². The number of unbranched alkanes of at least 4 members (excludes halogenated alkanes) is 29. The van der Waals surface area contributed by atoms with Crippen LogP contribution in [0.25, 0.3) is 0 Å². The molecule has 0 aliphatic carbocycles. The van der Waals surface area contributed by atoms with Crippen LogP contribution in [0.3, 0.4) is 0 Å². The number of carbonyl (C=O) groups excluding carboxylic acids is 1. The SMILES string of the molecule is CCCCCCCCCCCCCCCCCCCCCCCCC(=O)NC(COC1OC(CO)C(OC2OC(CO)C(OC3OC(CO)C(O)C(O)C3O)C(O)C2O)C(O)C1O)C(O)CCCCCCCCCCC. The fourth-order valence-corrected chi connectivity index (χ4v) is 10.7. The molecule has 3 fully saturated rings. The normalized spacial score (nSPS) is 30.9. The zero-order chi connectivity index (χ0) is 55.5. The molecule has 3 aliphatic rings. The summed E-state index contributed by atoms with van der Waals surface area (Å²) in [5, 5.41) is 120. The van der Waals surface area contributed by atoms with Crippen molar-refractivity contribution < 1.29 is 89.4 Å². The van der Waals surface area contributed by atoms with Crippen LogP contribution in [0.1, 0.15) is 226 Å². The average Bonchev–Trinajstić information content (AvgIpc) is 3.41. The Morgan fingerprint density at radius 2 is 0.750 bits per heavy atom. The van der Waals surface area contributed by atoms with Gasteiger partial charge in [0.1, 0.15) is 73.2 Å². The maximum absolute atomic E-state index is 13.3. The molecule has 3 saturated heterocycles. The molecule has 3 rings (SSSR count). The summed E-state index contributed by atoms with van der Waals surface area (Å²) in [6, 6.07) is -0.878. The second kappa shape index (κ2) is 41.7. The van der Waals surface area contributed by atoms with Gasteiger partial charge in [-0.25, -0.2) is 0 Å². The van der Waals surface area contributed by atoms with Crippen molar-refractivity contribution in [1.29, 1.82) is 0 Å². The van der Waals surface area contributed by atoms with Gasteiger partial charge in [-0.05, 0) is 12.8 Å². The van der Waals surface area contributed by atoms with Crippen LogP contribution in [-0.2, 0) is 33.2 Å². The van der Waals surface area contributed by atoms with E-state index in [0.29, 0.717) is 12.8 Å². The molecule has 19 nitrogen and oxygen atoms in total. The summed E-state index contributed by atoms with van der Waals surface area (Å²) < 4.78 is 34.2. The van der Waals surface area contributed by atoms with Gasteiger partial charge in [0.05, 0.1) is 38.6 Å². The number of amides is 1. The lowest BCUT2D eigenvalue weighted by Gasteiger charge is -2.48. The zero-order valence-electron chi connectivity index (χ0n) is 46.8. The van der Waals surface area contributed by atoms with Crippen LogP contribution in [-0.4, -0.2) is 193 Å². The van der Waals surface area contributed by atoms with Crippen molar-refractivity contribution in [2.24, 2.45) is 0 Å². The standard InChI is InChI=1S/C57H109NO18/c1-3-5-7-9-11-13-14-15-16-17-18-19-20-21-22-23-24-25-27-29-31-33-35-45(63)58-40(41(62)34-32-30-28-26-12-10-8-6-4-2)39-71-55-51(69)48(66)53(43(37-60)73-55)76-57-52(70)49(67)54(44(38-61)74-57)75-56-50(68)47(65)46(64)42(36-59)72-56/h40-44,46-57,59-62,64-70H,3-39H2,1-2H3,(H,58,63). The van der Waals surface area contributed by atoms with Gasteiger partial charge in [-0.1, -0.05) is 206 Å². The first kappa shape index (κ1) is 69.1. The molecule has 0 saturated carbocycles. The number of hydrogen-bond donors (Lipinski definition) is 12. The second-order valence-corrected chi connectivity index (χ2v) is 22.2. The van der Waals surface area contributed by atoms with Gasteiger partial charge in [0.15, 0.2) is 18.9 Å². The van der Waals surface area contributed by atoms with Crippen molar-refractivity contribution in [1.82, 2.24) is 5.32 Å². The highest BCUT2D eigenvalue weighted by molar-refractivity contribution is 5.76. The maximum atomic E-state index is 13.3. The Bertz CT molecular complexity index is 1400. The van der Waals surface area contributed by atoms with E-state index in [1.807, 2.05) is 0 Å². The number of carbonyl (C=O) groups is 1. The first-order valence-electron chi connectivity index (χ1n) is 30.3. The van der Waals surface area contributed by atoms with Crippen LogP contribution in [0.4, 0.5) is 0 Å². The fourth-order valence-electron chi connectivity index (χ4n) is 10.7. The number of nitrogens with one attached hydrogen (secondary N) is 1. The van der Waals surface area contributed by atoms with Gasteiger partial charge in [-0.15, -0.1) is 0 Å². The van der Waals surface area contributed by atoms with Gasteiger partial charge in [0.25, 0.3) is 0 Å². The second-order valence-electron chi connectivity index (χ2n) is 22.2. The Morgan fingerprint density at radius 1 is 0.421 bits per heavy atom. The third-order valence-electron chi connectivity index (χ3n) is 15.7. The number of hydrogen-bond acceptors (Lipinski definition) is 18. The predicted molar refractivity (Wildman–Crippen MR) is 287 cm³/mol. The smallest absolute Gasteiger partial charge is 0.220 e. The fraction of sp³-hybridized carbons (Fsp3) is 0.982. The minimum atomic E-state index is -1.97. The summed E-state index contributed by atoms with van der Waals surface area (Å²) in [5.41, 5.74) is 0. The van der Waals surface area contributed by atoms with Crippen molar-refractivity contribution in [3.05, 3.63) is 0 Å². The van der Waals surface area contributed by atoms with Crippen molar-refractivity contribution in [2.45, 2.75) is 330 Å². The van der Waals surface area contributed by atoms with Crippen molar-refractivity contribution in [3.63, 3.8) is 0 Å². The molecule has 17 unspecified atom stereocenters. The summed E-state index contributed by atoms with van der Waals surface area (Å²) in [7, 11) is 0.